The van der Waals surface area contributed by atoms with Gasteiger partial charge in [-0.25, -0.2) is 0 Å². The van der Waals surface area contributed by atoms with Crippen LogP contribution in [0.1, 0.15) is 44.6 Å². The second-order valence-corrected chi connectivity index (χ2v) is 9.33. The van der Waals surface area contributed by atoms with E-state index in [0.29, 0.717) is 5.25 Å². The number of benzene rings is 4. The average molecular weight is 441 g/mol. The predicted molar refractivity (Wildman–Crippen MR) is 139 cm³/mol. The van der Waals surface area contributed by atoms with E-state index in [9.17, 15) is 0 Å². The summed E-state index contributed by atoms with van der Waals surface area (Å²) in [5, 5.41) is 0.388. The van der Waals surface area contributed by atoms with Crippen LogP contribution in [0.15, 0.2) is 121 Å². The van der Waals surface area contributed by atoms with Crippen LogP contribution in [0.4, 0.5) is 0 Å². The Morgan fingerprint density at radius 3 is 1.26 bits per heavy atom. The minimum absolute atomic E-state index is 0.0761. The van der Waals surface area contributed by atoms with Crippen molar-refractivity contribution in [3.63, 3.8) is 0 Å². The second-order valence-electron chi connectivity index (χ2n) is 7.80. The Labute approximate surface area is 196 Å². The minimum atomic E-state index is 0.0761. The molecule has 0 saturated carbocycles. The van der Waals surface area contributed by atoms with E-state index in [1.807, 2.05) is 11.8 Å². The third kappa shape index (κ3) is 5.08. The van der Waals surface area contributed by atoms with Gasteiger partial charge in [0.1, 0.15) is 0 Å². The van der Waals surface area contributed by atoms with Gasteiger partial charge in [0.25, 0.3) is 0 Å². The quantitative estimate of drug-likeness (QED) is 0.269. The average Bonchev–Trinajstić information content (AvgIpc) is 2.86. The molecule has 0 aliphatic heterocycles. The summed E-state index contributed by atoms with van der Waals surface area (Å²) in [7, 11) is 0. The van der Waals surface area contributed by atoms with Gasteiger partial charge in [-0.3, -0.25) is 0 Å². The first-order valence-corrected chi connectivity index (χ1v) is 12.5. The monoisotopic (exact) mass is 440 g/mol. The van der Waals surface area contributed by atoms with Crippen LogP contribution in [0.25, 0.3) is 0 Å². The molecular formula is C29H28S2. The van der Waals surface area contributed by atoms with Gasteiger partial charge in [0.2, 0.25) is 0 Å². The number of rotatable bonds is 8. The highest BCUT2D eigenvalue weighted by molar-refractivity contribution is 7.98. The van der Waals surface area contributed by atoms with Gasteiger partial charge in [-0.2, -0.15) is 24.4 Å². The lowest BCUT2D eigenvalue weighted by molar-refractivity contribution is 0.518. The fraction of sp³-hybridized carbons (Fsp3) is 0.172. The Balaban J connectivity index is 1.90. The molecule has 4 atom stereocenters. The molecule has 4 unspecified atom stereocenters. The predicted octanol–water partition coefficient (Wildman–Crippen LogP) is 8.33. The molecule has 0 aliphatic rings. The number of thioether (sulfide) groups is 1. The zero-order valence-corrected chi connectivity index (χ0v) is 19.4. The number of hydrogen-bond acceptors (Lipinski definition) is 2. The van der Waals surface area contributed by atoms with Gasteiger partial charge in [-0.05, 0) is 28.5 Å². The first-order chi connectivity index (χ1) is 15.3. The van der Waals surface area contributed by atoms with Crippen LogP contribution in [-0.2, 0) is 0 Å². The van der Waals surface area contributed by atoms with Crippen LogP contribution >= 0.6 is 24.4 Å². The lowest BCUT2D eigenvalue weighted by Crippen LogP contribution is -2.21. The van der Waals surface area contributed by atoms with E-state index in [-0.39, 0.29) is 17.1 Å². The standard InChI is InChI=1S/C29H28S2/c1-31-29(25-20-12-5-13-21-25)27(23-16-8-3-9-17-23)26(22-14-6-2-7-15-22)28(30)24-18-10-4-11-19-24/h2-21,26-30H,1H3. The van der Waals surface area contributed by atoms with Gasteiger partial charge in [-0.1, -0.05) is 121 Å². The van der Waals surface area contributed by atoms with Gasteiger partial charge in [0.05, 0.1) is 0 Å². The van der Waals surface area contributed by atoms with Gasteiger partial charge in [-0.15, -0.1) is 0 Å². The van der Waals surface area contributed by atoms with Crippen molar-refractivity contribution in [2.75, 3.05) is 6.26 Å². The van der Waals surface area contributed by atoms with Crippen molar-refractivity contribution >= 4 is 24.4 Å². The Hall–Kier alpha value is -2.42. The largest absolute Gasteiger partial charge is 0.170 e. The maximum atomic E-state index is 5.25. The second kappa shape index (κ2) is 10.7. The lowest BCUT2D eigenvalue weighted by Gasteiger charge is -2.37. The molecule has 4 aromatic carbocycles. The summed E-state index contributed by atoms with van der Waals surface area (Å²) < 4.78 is 0. The van der Waals surface area contributed by atoms with E-state index in [4.69, 9.17) is 12.6 Å². The molecule has 2 heteroatoms. The Kier molecular flexibility index (Phi) is 7.56. The van der Waals surface area contributed by atoms with E-state index < -0.39 is 0 Å². The summed E-state index contributed by atoms with van der Waals surface area (Å²) >= 11 is 7.18. The third-order valence-electron chi connectivity index (χ3n) is 5.95. The molecule has 0 amide bonds. The summed E-state index contributed by atoms with van der Waals surface area (Å²) in [6.45, 7) is 0. The van der Waals surface area contributed by atoms with Gasteiger partial charge >= 0.3 is 0 Å². The molecule has 0 heterocycles. The van der Waals surface area contributed by atoms with Crippen molar-refractivity contribution in [1.29, 1.82) is 0 Å². The van der Waals surface area contributed by atoms with Crippen LogP contribution in [0, 0.1) is 0 Å². The number of hydrogen-bond donors (Lipinski definition) is 1. The molecule has 31 heavy (non-hydrogen) atoms. The molecule has 0 saturated heterocycles. The maximum Gasteiger partial charge on any atom is 0.0369 e. The van der Waals surface area contributed by atoms with Gasteiger partial charge < -0.3 is 0 Å². The van der Waals surface area contributed by atoms with Crippen molar-refractivity contribution in [2.45, 2.75) is 22.3 Å². The molecule has 0 nitrogen and oxygen atoms in total. The highest BCUT2D eigenvalue weighted by Gasteiger charge is 2.36. The zero-order chi connectivity index (χ0) is 21.5. The first kappa shape index (κ1) is 21.8. The Bertz CT molecular complexity index is 1030. The fourth-order valence-electron chi connectivity index (χ4n) is 4.50. The van der Waals surface area contributed by atoms with Gasteiger partial charge in [0.15, 0.2) is 0 Å². The zero-order valence-electron chi connectivity index (χ0n) is 17.7. The van der Waals surface area contributed by atoms with E-state index in [1.165, 1.54) is 22.3 Å². The first-order valence-electron chi connectivity index (χ1n) is 10.7. The molecule has 0 bridgehead atoms. The summed E-state index contributed by atoms with van der Waals surface area (Å²) in [5.74, 6) is 0.482. The van der Waals surface area contributed by atoms with E-state index in [1.54, 1.807) is 0 Å². The van der Waals surface area contributed by atoms with Crippen LogP contribution in [0.5, 0.6) is 0 Å². The molecule has 0 aliphatic carbocycles. The van der Waals surface area contributed by atoms with E-state index in [0.717, 1.165) is 0 Å². The molecule has 0 N–H and O–H groups in total. The van der Waals surface area contributed by atoms with Crippen molar-refractivity contribution in [3.8, 4) is 0 Å². The summed E-state index contributed by atoms with van der Waals surface area (Å²) in [6.07, 6.45) is 2.23. The molecule has 0 aromatic heterocycles. The lowest BCUT2D eigenvalue weighted by atomic mass is 9.74. The fourth-order valence-corrected chi connectivity index (χ4v) is 6.08. The highest BCUT2D eigenvalue weighted by atomic mass is 32.2. The van der Waals surface area contributed by atoms with Crippen molar-refractivity contribution in [3.05, 3.63) is 144 Å². The smallest absolute Gasteiger partial charge is 0.0369 e. The summed E-state index contributed by atoms with van der Waals surface area (Å²) in [5.41, 5.74) is 5.30. The Morgan fingerprint density at radius 1 is 0.484 bits per heavy atom. The molecule has 0 radical (unpaired) electrons. The number of thiol groups is 1. The third-order valence-corrected chi connectivity index (χ3v) is 7.64. The van der Waals surface area contributed by atoms with Crippen LogP contribution in [0.3, 0.4) is 0 Å². The molecule has 4 aromatic rings. The molecular weight excluding hydrogens is 412 g/mol. The molecule has 4 rings (SSSR count). The molecule has 156 valence electrons. The Morgan fingerprint density at radius 2 is 0.839 bits per heavy atom. The topological polar surface area (TPSA) is 0 Å². The van der Waals surface area contributed by atoms with Crippen LogP contribution in [-0.4, -0.2) is 6.26 Å². The van der Waals surface area contributed by atoms with Crippen LogP contribution in [0.2, 0.25) is 0 Å². The minimum Gasteiger partial charge on any atom is -0.170 e. The van der Waals surface area contributed by atoms with Crippen molar-refractivity contribution in [2.24, 2.45) is 0 Å². The summed E-state index contributed by atoms with van der Waals surface area (Å²) in [4.78, 5) is 0. The van der Waals surface area contributed by atoms with Gasteiger partial charge in [0, 0.05) is 22.3 Å². The SMILES string of the molecule is CSC(c1ccccc1)C(c1ccccc1)C(c1ccccc1)C(S)c1ccccc1. The normalized spacial score (nSPS) is 15.0. The molecule has 0 fully saturated rings. The molecule has 0 spiro atoms. The van der Waals surface area contributed by atoms with E-state index in [2.05, 4.69) is 128 Å². The highest BCUT2D eigenvalue weighted by Crippen LogP contribution is 2.54. The van der Waals surface area contributed by atoms with E-state index >= 15 is 0 Å². The van der Waals surface area contributed by atoms with Crippen LogP contribution < -0.4 is 0 Å². The van der Waals surface area contributed by atoms with Crippen molar-refractivity contribution in [1.82, 2.24) is 0 Å². The summed E-state index contributed by atoms with van der Waals surface area (Å²) in [6, 6.07) is 43.5. The van der Waals surface area contributed by atoms with Crippen molar-refractivity contribution < 1.29 is 0 Å². The maximum absolute atomic E-state index is 5.25.